The van der Waals surface area contributed by atoms with E-state index in [1.807, 2.05) is 19.1 Å². The fourth-order valence-electron chi connectivity index (χ4n) is 3.48. The van der Waals surface area contributed by atoms with Crippen LogP contribution in [0.4, 0.5) is 10.2 Å². The highest BCUT2D eigenvalue weighted by Gasteiger charge is 2.32. The summed E-state index contributed by atoms with van der Waals surface area (Å²) in [4.78, 5) is 15.0. The van der Waals surface area contributed by atoms with Crippen molar-refractivity contribution in [3.63, 3.8) is 0 Å². The molecular formula is C25H23FN6O2S. The molecule has 178 valence electrons. The van der Waals surface area contributed by atoms with E-state index in [9.17, 15) is 14.9 Å². The summed E-state index contributed by atoms with van der Waals surface area (Å²) in [6.07, 6.45) is 3.93. The molecule has 1 saturated heterocycles. The standard InChI is InChI=1S/C25H23FN6O2S/c1-16(33-2)14-34-19-5-6-22(30-11-19)23-20(8-27)24(32-12-18(26)13-32)31-25(21(23)9-28)35-15-17-4-3-7-29-10-17/h3-7,10-11,16,18H,12-15H2,1-2H3/t16-/m1/s1. The van der Waals surface area contributed by atoms with Gasteiger partial charge in [-0.3, -0.25) is 9.97 Å². The van der Waals surface area contributed by atoms with E-state index < -0.39 is 6.17 Å². The van der Waals surface area contributed by atoms with Crippen LogP contribution in [0.1, 0.15) is 23.6 Å². The second-order valence-electron chi connectivity index (χ2n) is 7.98. The molecule has 0 spiro atoms. The molecule has 35 heavy (non-hydrogen) atoms. The van der Waals surface area contributed by atoms with Crippen LogP contribution in [-0.2, 0) is 10.5 Å². The fourth-order valence-corrected chi connectivity index (χ4v) is 4.40. The number of rotatable bonds is 9. The van der Waals surface area contributed by atoms with E-state index in [0.717, 1.165) is 5.56 Å². The van der Waals surface area contributed by atoms with Crippen molar-refractivity contribution in [1.29, 1.82) is 10.5 Å². The number of methoxy groups -OCH3 is 1. The van der Waals surface area contributed by atoms with Gasteiger partial charge in [0.1, 0.15) is 47.1 Å². The third-order valence-electron chi connectivity index (χ3n) is 5.48. The summed E-state index contributed by atoms with van der Waals surface area (Å²) in [5, 5.41) is 20.6. The van der Waals surface area contributed by atoms with Gasteiger partial charge in [0.15, 0.2) is 0 Å². The van der Waals surface area contributed by atoms with Gasteiger partial charge in [-0.1, -0.05) is 6.07 Å². The zero-order valence-electron chi connectivity index (χ0n) is 19.3. The molecule has 4 heterocycles. The van der Waals surface area contributed by atoms with Crippen LogP contribution in [0, 0.1) is 22.7 Å². The largest absolute Gasteiger partial charge is 0.489 e. The quantitative estimate of drug-likeness (QED) is 0.409. The van der Waals surface area contributed by atoms with E-state index in [-0.39, 0.29) is 30.3 Å². The van der Waals surface area contributed by atoms with Crippen LogP contribution in [0.3, 0.4) is 0 Å². The van der Waals surface area contributed by atoms with Crippen LogP contribution in [0.25, 0.3) is 11.3 Å². The van der Waals surface area contributed by atoms with E-state index >= 15 is 0 Å². The number of nitrogens with zero attached hydrogens (tertiary/aromatic N) is 6. The number of nitriles is 2. The lowest BCUT2D eigenvalue weighted by molar-refractivity contribution is 0.0715. The van der Waals surface area contributed by atoms with E-state index in [1.165, 1.54) is 11.8 Å². The number of anilines is 1. The molecule has 0 saturated carbocycles. The highest BCUT2D eigenvalue weighted by atomic mass is 32.2. The van der Waals surface area contributed by atoms with Crippen LogP contribution < -0.4 is 9.64 Å². The molecule has 1 atom stereocenters. The van der Waals surface area contributed by atoms with Gasteiger partial charge in [-0.15, -0.1) is 11.8 Å². The first kappa shape index (κ1) is 24.4. The van der Waals surface area contributed by atoms with Crippen molar-refractivity contribution in [2.24, 2.45) is 0 Å². The van der Waals surface area contributed by atoms with Gasteiger partial charge in [-0.2, -0.15) is 10.5 Å². The van der Waals surface area contributed by atoms with Gasteiger partial charge in [0.25, 0.3) is 0 Å². The minimum absolute atomic E-state index is 0.0805. The van der Waals surface area contributed by atoms with Gasteiger partial charge in [0.05, 0.1) is 36.6 Å². The van der Waals surface area contributed by atoms with Crippen molar-refractivity contribution >= 4 is 17.6 Å². The second kappa shape index (κ2) is 11.1. The third-order valence-corrected chi connectivity index (χ3v) is 6.53. The molecule has 4 rings (SSSR count). The summed E-state index contributed by atoms with van der Waals surface area (Å²) in [5.41, 5.74) is 2.25. The van der Waals surface area contributed by atoms with Gasteiger partial charge in [-0.25, -0.2) is 9.37 Å². The molecule has 1 aliphatic heterocycles. The topological polar surface area (TPSA) is 108 Å². The molecule has 0 N–H and O–H groups in total. The first-order valence-electron chi connectivity index (χ1n) is 10.9. The monoisotopic (exact) mass is 490 g/mol. The molecule has 0 aromatic carbocycles. The van der Waals surface area contributed by atoms with E-state index in [1.54, 1.807) is 42.7 Å². The van der Waals surface area contributed by atoms with Gasteiger partial charge in [0.2, 0.25) is 0 Å². The average Bonchev–Trinajstić information content (AvgIpc) is 2.88. The molecule has 0 amide bonds. The van der Waals surface area contributed by atoms with E-state index in [2.05, 4.69) is 27.1 Å². The molecule has 3 aromatic rings. The van der Waals surface area contributed by atoms with Crippen molar-refractivity contribution in [2.45, 2.75) is 30.0 Å². The number of thioether (sulfide) groups is 1. The second-order valence-corrected chi connectivity index (χ2v) is 8.94. The van der Waals surface area contributed by atoms with Crippen LogP contribution in [0.2, 0.25) is 0 Å². The summed E-state index contributed by atoms with van der Waals surface area (Å²) in [7, 11) is 1.61. The molecule has 3 aromatic heterocycles. The van der Waals surface area contributed by atoms with Gasteiger partial charge < -0.3 is 14.4 Å². The van der Waals surface area contributed by atoms with Crippen molar-refractivity contribution < 1.29 is 13.9 Å². The number of hydrogen-bond donors (Lipinski definition) is 0. The average molecular weight is 491 g/mol. The normalized spacial score (nSPS) is 14.0. The third kappa shape index (κ3) is 5.51. The number of aromatic nitrogens is 3. The van der Waals surface area contributed by atoms with Crippen LogP contribution in [-0.4, -0.2) is 54.0 Å². The minimum atomic E-state index is -0.974. The lowest BCUT2D eigenvalue weighted by Gasteiger charge is -2.36. The molecule has 0 bridgehead atoms. The van der Waals surface area contributed by atoms with Crippen molar-refractivity contribution in [3.05, 3.63) is 59.5 Å². The number of alkyl halides is 1. The summed E-state index contributed by atoms with van der Waals surface area (Å²) in [5.74, 6) is 1.43. The summed E-state index contributed by atoms with van der Waals surface area (Å²) >= 11 is 1.37. The van der Waals surface area contributed by atoms with Gasteiger partial charge >= 0.3 is 0 Å². The summed E-state index contributed by atoms with van der Waals surface area (Å²) in [6, 6.07) is 11.6. The Balaban J connectivity index is 1.74. The summed E-state index contributed by atoms with van der Waals surface area (Å²) < 4.78 is 24.6. The molecule has 10 heteroatoms. The van der Waals surface area contributed by atoms with Crippen LogP contribution >= 0.6 is 11.8 Å². The Bertz CT molecular complexity index is 1250. The molecular weight excluding hydrogens is 467 g/mol. The predicted octanol–water partition coefficient (Wildman–Crippen LogP) is 4.15. The Morgan fingerprint density at radius 3 is 2.60 bits per heavy atom. The summed E-state index contributed by atoms with van der Waals surface area (Å²) in [6.45, 7) is 2.55. The molecule has 0 aliphatic carbocycles. The number of ether oxygens (including phenoxy) is 2. The predicted molar refractivity (Wildman–Crippen MR) is 130 cm³/mol. The maximum atomic E-state index is 13.7. The Hall–Kier alpha value is -3.73. The zero-order valence-corrected chi connectivity index (χ0v) is 20.1. The van der Waals surface area contributed by atoms with E-state index in [0.29, 0.717) is 40.2 Å². The maximum Gasteiger partial charge on any atom is 0.148 e. The first-order chi connectivity index (χ1) is 17.0. The smallest absolute Gasteiger partial charge is 0.148 e. The zero-order chi connectivity index (χ0) is 24.8. The van der Waals surface area contributed by atoms with Crippen LogP contribution in [0.15, 0.2) is 47.9 Å². The number of pyridine rings is 3. The SMILES string of the molecule is CO[C@H](C)COc1ccc(-c2c(C#N)c(SCc3cccnc3)nc(N3CC(F)C3)c2C#N)nc1. The Morgan fingerprint density at radius 1 is 1.20 bits per heavy atom. The minimum Gasteiger partial charge on any atom is -0.489 e. The molecule has 8 nitrogen and oxygen atoms in total. The Morgan fingerprint density at radius 2 is 2.00 bits per heavy atom. The molecule has 0 radical (unpaired) electrons. The van der Waals surface area contributed by atoms with Crippen LogP contribution in [0.5, 0.6) is 5.75 Å². The molecule has 0 unspecified atom stereocenters. The van der Waals surface area contributed by atoms with Gasteiger partial charge in [0, 0.05) is 30.8 Å². The van der Waals surface area contributed by atoms with Crippen molar-refractivity contribution in [1.82, 2.24) is 15.0 Å². The molecule has 1 fully saturated rings. The number of hydrogen-bond acceptors (Lipinski definition) is 9. The Kier molecular flexibility index (Phi) is 7.76. The highest BCUT2D eigenvalue weighted by molar-refractivity contribution is 7.98. The first-order valence-corrected chi connectivity index (χ1v) is 11.9. The van der Waals surface area contributed by atoms with Crippen molar-refractivity contribution in [3.8, 4) is 29.1 Å². The maximum absolute atomic E-state index is 13.7. The molecule has 1 aliphatic rings. The Labute approximate surface area is 207 Å². The lowest BCUT2D eigenvalue weighted by atomic mass is 9.99. The number of halogens is 1. The van der Waals surface area contributed by atoms with E-state index in [4.69, 9.17) is 9.47 Å². The van der Waals surface area contributed by atoms with Crippen molar-refractivity contribution in [2.75, 3.05) is 31.7 Å². The lowest BCUT2D eigenvalue weighted by Crippen LogP contribution is -2.49. The van der Waals surface area contributed by atoms with Gasteiger partial charge in [-0.05, 0) is 30.7 Å². The highest BCUT2D eigenvalue weighted by Crippen LogP contribution is 2.39. The fraction of sp³-hybridized carbons (Fsp3) is 0.320.